The molecule has 114 valence electrons. The molecule has 0 aromatic heterocycles. The molecule has 3 rings (SSSR count). The normalized spacial score (nSPS) is 21.4. The van der Waals surface area contributed by atoms with Crippen molar-refractivity contribution in [1.82, 2.24) is 4.90 Å². The quantitative estimate of drug-likeness (QED) is 0.749. The third-order valence-electron chi connectivity index (χ3n) is 5.53. The van der Waals surface area contributed by atoms with Crippen LogP contribution >= 0.6 is 0 Å². The summed E-state index contributed by atoms with van der Waals surface area (Å²) in [5.74, 6) is 0.905. The van der Waals surface area contributed by atoms with E-state index in [4.69, 9.17) is 0 Å². The summed E-state index contributed by atoms with van der Waals surface area (Å²) in [5.41, 5.74) is 4.61. The molecule has 0 amide bonds. The van der Waals surface area contributed by atoms with Crippen LogP contribution in [-0.2, 0) is 12.8 Å². The Morgan fingerprint density at radius 1 is 1.14 bits per heavy atom. The van der Waals surface area contributed by atoms with Crippen LogP contribution in [0, 0.1) is 12.8 Å². The lowest BCUT2D eigenvalue weighted by molar-refractivity contribution is 0.0355. The number of aryl methyl sites for hydroxylation is 2. The zero-order valence-corrected chi connectivity index (χ0v) is 13.9. The highest BCUT2D eigenvalue weighted by atomic mass is 15.2. The molecule has 0 N–H and O–H groups in total. The largest absolute Gasteiger partial charge is 0.300 e. The van der Waals surface area contributed by atoms with Crippen molar-refractivity contribution >= 4 is 7.85 Å². The zero-order valence-electron chi connectivity index (χ0n) is 13.9. The van der Waals surface area contributed by atoms with Gasteiger partial charge in [-0.2, -0.15) is 0 Å². The van der Waals surface area contributed by atoms with E-state index in [0.29, 0.717) is 0 Å². The van der Waals surface area contributed by atoms with Gasteiger partial charge in [-0.3, -0.25) is 4.90 Å². The average Bonchev–Trinajstić information content (AvgIpc) is 2.45. The lowest BCUT2D eigenvalue weighted by Crippen LogP contribution is -2.53. The van der Waals surface area contributed by atoms with Crippen molar-refractivity contribution in [3.05, 3.63) is 34.9 Å². The van der Waals surface area contributed by atoms with Crippen molar-refractivity contribution in [3.63, 3.8) is 0 Å². The summed E-state index contributed by atoms with van der Waals surface area (Å²) >= 11 is 0. The standard InChI is InChI=1S/C19H30BN/c1-15-11-16(9-10-20)7-8-18(15)12-17-13-21(14-17)19-5-3-2-4-6-19/h7-8,11,17,19H,2-6,9-10,12-14,20H2,1H3. The number of hydrogen-bond acceptors (Lipinski definition) is 1. The molecule has 2 aliphatic rings. The molecular weight excluding hydrogens is 253 g/mol. The Balaban J connectivity index is 1.49. The maximum atomic E-state index is 2.75. The van der Waals surface area contributed by atoms with Gasteiger partial charge in [0.15, 0.2) is 0 Å². The second kappa shape index (κ2) is 7.00. The SMILES string of the molecule is BCCc1ccc(CC2CN(C3CCCCC3)C2)c(C)c1. The molecule has 1 nitrogen and oxygen atoms in total. The summed E-state index contributed by atoms with van der Waals surface area (Å²) in [5, 5.41) is 0. The highest BCUT2D eigenvalue weighted by Gasteiger charge is 2.32. The van der Waals surface area contributed by atoms with Gasteiger partial charge in [0.25, 0.3) is 0 Å². The number of likely N-dealkylation sites (tertiary alicyclic amines) is 1. The van der Waals surface area contributed by atoms with Gasteiger partial charge in [-0.15, -0.1) is 0 Å². The maximum absolute atomic E-state index is 2.75. The van der Waals surface area contributed by atoms with Gasteiger partial charge in [0.2, 0.25) is 0 Å². The highest BCUT2D eigenvalue weighted by molar-refractivity contribution is 6.08. The summed E-state index contributed by atoms with van der Waals surface area (Å²) in [6.45, 7) is 4.99. The van der Waals surface area contributed by atoms with E-state index < -0.39 is 0 Å². The van der Waals surface area contributed by atoms with Crippen molar-refractivity contribution in [2.24, 2.45) is 5.92 Å². The van der Waals surface area contributed by atoms with E-state index in [1.54, 1.807) is 5.56 Å². The van der Waals surface area contributed by atoms with Gasteiger partial charge < -0.3 is 0 Å². The Bertz CT molecular complexity index is 459. The molecule has 0 radical (unpaired) electrons. The first kappa shape index (κ1) is 15.2. The molecular formula is C19H30BN. The Morgan fingerprint density at radius 3 is 2.57 bits per heavy atom. The fourth-order valence-corrected chi connectivity index (χ4v) is 4.23. The van der Waals surface area contributed by atoms with E-state index in [9.17, 15) is 0 Å². The highest BCUT2D eigenvalue weighted by Crippen LogP contribution is 2.30. The van der Waals surface area contributed by atoms with Gasteiger partial charge in [-0.25, -0.2) is 0 Å². The first-order valence-corrected chi connectivity index (χ1v) is 9.08. The molecule has 21 heavy (non-hydrogen) atoms. The van der Waals surface area contributed by atoms with E-state index in [0.717, 1.165) is 12.0 Å². The first-order chi connectivity index (χ1) is 10.3. The first-order valence-electron chi connectivity index (χ1n) is 9.08. The van der Waals surface area contributed by atoms with E-state index in [1.807, 2.05) is 0 Å². The predicted molar refractivity (Wildman–Crippen MR) is 93.9 cm³/mol. The van der Waals surface area contributed by atoms with Crippen LogP contribution < -0.4 is 0 Å². The maximum Gasteiger partial charge on any atom is 0.101 e. The predicted octanol–water partition coefficient (Wildman–Crippen LogP) is 3.40. The van der Waals surface area contributed by atoms with E-state index >= 15 is 0 Å². The van der Waals surface area contributed by atoms with Crippen LogP contribution in [0.2, 0.25) is 6.32 Å². The van der Waals surface area contributed by atoms with Crippen molar-refractivity contribution in [1.29, 1.82) is 0 Å². The molecule has 1 aliphatic carbocycles. The van der Waals surface area contributed by atoms with Crippen LogP contribution in [0.1, 0.15) is 48.8 Å². The monoisotopic (exact) mass is 283 g/mol. The molecule has 1 saturated heterocycles. The van der Waals surface area contributed by atoms with Crippen LogP contribution in [0.5, 0.6) is 0 Å². The molecule has 1 aliphatic heterocycles. The summed E-state index contributed by atoms with van der Waals surface area (Å²) in [7, 11) is 2.26. The Labute approximate surface area is 131 Å². The number of benzene rings is 1. The van der Waals surface area contributed by atoms with Crippen molar-refractivity contribution in [2.45, 2.75) is 64.2 Å². The van der Waals surface area contributed by atoms with Crippen molar-refractivity contribution in [3.8, 4) is 0 Å². The smallest absolute Gasteiger partial charge is 0.101 e. The zero-order chi connectivity index (χ0) is 14.7. The summed E-state index contributed by atoms with van der Waals surface area (Å²) in [6, 6.07) is 8.08. The number of hydrogen-bond donors (Lipinski definition) is 0. The van der Waals surface area contributed by atoms with Crippen LogP contribution in [0.3, 0.4) is 0 Å². The minimum atomic E-state index is 0.905. The van der Waals surface area contributed by atoms with Gasteiger partial charge in [-0.1, -0.05) is 43.8 Å². The topological polar surface area (TPSA) is 3.24 Å². The molecule has 1 heterocycles. The summed E-state index contributed by atoms with van der Waals surface area (Å²) < 4.78 is 0. The van der Waals surface area contributed by atoms with Gasteiger partial charge in [0.1, 0.15) is 7.85 Å². The van der Waals surface area contributed by atoms with E-state index in [2.05, 4.69) is 37.9 Å². The van der Waals surface area contributed by atoms with E-state index in [-0.39, 0.29) is 0 Å². The number of nitrogens with zero attached hydrogens (tertiary/aromatic N) is 1. The molecule has 2 fully saturated rings. The molecule has 0 unspecified atom stereocenters. The second-order valence-corrected chi connectivity index (χ2v) is 7.33. The molecule has 1 aromatic carbocycles. The van der Waals surface area contributed by atoms with Crippen LogP contribution in [0.4, 0.5) is 0 Å². The van der Waals surface area contributed by atoms with E-state index in [1.165, 1.54) is 75.5 Å². The molecule has 2 heteroatoms. The van der Waals surface area contributed by atoms with Crippen molar-refractivity contribution < 1.29 is 0 Å². The lowest BCUT2D eigenvalue weighted by atomic mass is 9.85. The molecule has 0 atom stereocenters. The molecule has 0 spiro atoms. The molecule has 0 bridgehead atoms. The van der Waals surface area contributed by atoms with Crippen LogP contribution in [0.25, 0.3) is 0 Å². The Morgan fingerprint density at radius 2 is 1.90 bits per heavy atom. The molecule has 1 saturated carbocycles. The average molecular weight is 283 g/mol. The lowest BCUT2D eigenvalue weighted by Gasteiger charge is -2.46. The Hall–Kier alpha value is -0.755. The fraction of sp³-hybridized carbons (Fsp3) is 0.684. The van der Waals surface area contributed by atoms with Gasteiger partial charge in [0, 0.05) is 19.1 Å². The second-order valence-electron chi connectivity index (χ2n) is 7.33. The van der Waals surface area contributed by atoms with Gasteiger partial charge >= 0.3 is 0 Å². The van der Waals surface area contributed by atoms with Crippen LogP contribution in [-0.4, -0.2) is 31.9 Å². The summed E-state index contributed by atoms with van der Waals surface area (Å²) in [4.78, 5) is 2.75. The van der Waals surface area contributed by atoms with Gasteiger partial charge in [-0.05, 0) is 55.2 Å². The molecule has 1 aromatic rings. The third kappa shape index (κ3) is 3.72. The fourth-order valence-electron chi connectivity index (χ4n) is 4.23. The number of rotatable bonds is 5. The minimum Gasteiger partial charge on any atom is -0.300 e. The summed E-state index contributed by atoms with van der Waals surface area (Å²) in [6.07, 6.45) is 11.1. The Kier molecular flexibility index (Phi) is 5.05. The van der Waals surface area contributed by atoms with Crippen LogP contribution in [0.15, 0.2) is 18.2 Å². The minimum absolute atomic E-state index is 0.905. The van der Waals surface area contributed by atoms with Gasteiger partial charge in [0.05, 0.1) is 0 Å². The third-order valence-corrected chi connectivity index (χ3v) is 5.53. The van der Waals surface area contributed by atoms with Crippen molar-refractivity contribution in [2.75, 3.05) is 13.1 Å².